The second kappa shape index (κ2) is 9.48. The third-order valence-corrected chi connectivity index (χ3v) is 5.66. The van der Waals surface area contributed by atoms with Gasteiger partial charge in [0.25, 0.3) is 11.8 Å². The molecule has 0 spiro atoms. The molecule has 33 heavy (non-hydrogen) atoms. The Hall–Kier alpha value is -3.61. The molecule has 1 N–H and O–H groups in total. The first-order valence-electron chi connectivity index (χ1n) is 9.97. The summed E-state index contributed by atoms with van der Waals surface area (Å²) in [6.07, 6.45) is 1.43. The van der Waals surface area contributed by atoms with Crippen molar-refractivity contribution in [3.8, 4) is 5.75 Å². The molecule has 0 aliphatic carbocycles. The topological polar surface area (TPSA) is 75.7 Å². The van der Waals surface area contributed by atoms with Crippen LogP contribution in [0.25, 0.3) is 6.08 Å². The van der Waals surface area contributed by atoms with Gasteiger partial charge in [0, 0.05) is 15.6 Å². The van der Waals surface area contributed by atoms with Gasteiger partial charge in [-0.15, -0.1) is 0 Å². The van der Waals surface area contributed by atoms with Crippen LogP contribution in [0.1, 0.15) is 16.7 Å². The van der Waals surface area contributed by atoms with Crippen LogP contribution in [-0.2, 0) is 16.2 Å². The van der Waals surface area contributed by atoms with Crippen molar-refractivity contribution in [1.29, 1.82) is 0 Å². The number of aryl methyl sites for hydroxylation is 1. The number of amides is 4. The normalized spacial score (nSPS) is 15.1. The monoisotopic (exact) mass is 480 g/mol. The summed E-state index contributed by atoms with van der Waals surface area (Å²) in [6, 6.07) is 18.3. The fraction of sp³-hybridized carbons (Fsp3) is 0.0800. The standard InChI is InChI=1S/C25H18Cl2N2O4/c1-15-6-9-18(26)13-22(15)29-24(31)20(23(30)28-25(29)32)12-16-7-10-19(11-8-16)33-14-17-4-2-3-5-21(17)27/h2-13H,14H2,1H3,(H,28,30,32)/b20-12+. The Morgan fingerprint density at radius 3 is 2.42 bits per heavy atom. The number of hydrogen-bond acceptors (Lipinski definition) is 4. The van der Waals surface area contributed by atoms with Crippen molar-refractivity contribution in [3.63, 3.8) is 0 Å². The Morgan fingerprint density at radius 2 is 1.70 bits per heavy atom. The predicted octanol–water partition coefficient (Wildman–Crippen LogP) is 5.55. The van der Waals surface area contributed by atoms with Crippen molar-refractivity contribution in [2.45, 2.75) is 13.5 Å². The average molecular weight is 481 g/mol. The lowest BCUT2D eigenvalue weighted by molar-refractivity contribution is -0.122. The van der Waals surface area contributed by atoms with Gasteiger partial charge in [0.2, 0.25) is 0 Å². The second-order valence-corrected chi connectivity index (χ2v) is 8.18. The summed E-state index contributed by atoms with van der Waals surface area (Å²) in [6.45, 7) is 2.05. The summed E-state index contributed by atoms with van der Waals surface area (Å²) in [5.74, 6) is -0.893. The van der Waals surface area contributed by atoms with E-state index < -0.39 is 17.8 Å². The van der Waals surface area contributed by atoms with E-state index in [1.54, 1.807) is 49.4 Å². The van der Waals surface area contributed by atoms with Crippen molar-refractivity contribution in [1.82, 2.24) is 5.32 Å². The fourth-order valence-corrected chi connectivity index (χ4v) is 3.66. The lowest BCUT2D eigenvalue weighted by Crippen LogP contribution is -2.54. The first-order valence-corrected chi connectivity index (χ1v) is 10.7. The maximum atomic E-state index is 13.1. The van der Waals surface area contributed by atoms with Gasteiger partial charge in [0.1, 0.15) is 17.9 Å². The number of benzene rings is 3. The highest BCUT2D eigenvalue weighted by molar-refractivity contribution is 6.39. The van der Waals surface area contributed by atoms with E-state index in [4.69, 9.17) is 27.9 Å². The van der Waals surface area contributed by atoms with Crippen LogP contribution in [0.3, 0.4) is 0 Å². The molecule has 8 heteroatoms. The summed E-state index contributed by atoms with van der Waals surface area (Å²) in [5, 5.41) is 3.20. The molecule has 4 rings (SSSR count). The molecule has 166 valence electrons. The largest absolute Gasteiger partial charge is 0.489 e. The Bertz CT molecular complexity index is 1290. The molecule has 1 heterocycles. The molecule has 1 aliphatic heterocycles. The van der Waals surface area contributed by atoms with E-state index in [0.717, 1.165) is 10.5 Å². The zero-order valence-corrected chi connectivity index (χ0v) is 19.0. The van der Waals surface area contributed by atoms with Crippen LogP contribution in [-0.4, -0.2) is 17.8 Å². The quantitative estimate of drug-likeness (QED) is 0.383. The maximum Gasteiger partial charge on any atom is 0.335 e. The maximum absolute atomic E-state index is 13.1. The number of carbonyl (C=O) groups excluding carboxylic acids is 3. The molecule has 1 saturated heterocycles. The van der Waals surface area contributed by atoms with Gasteiger partial charge in [-0.1, -0.05) is 59.6 Å². The minimum absolute atomic E-state index is 0.168. The SMILES string of the molecule is Cc1ccc(Cl)cc1N1C(=O)NC(=O)/C(=C\c2ccc(OCc3ccccc3Cl)cc2)C1=O. The minimum atomic E-state index is -0.823. The first kappa shape index (κ1) is 22.6. The van der Waals surface area contributed by atoms with E-state index >= 15 is 0 Å². The summed E-state index contributed by atoms with van der Waals surface area (Å²) in [7, 11) is 0. The van der Waals surface area contributed by atoms with Crippen molar-refractivity contribution in [2.24, 2.45) is 0 Å². The van der Waals surface area contributed by atoms with Gasteiger partial charge in [-0.05, 0) is 54.5 Å². The number of halogens is 2. The number of urea groups is 1. The summed E-state index contributed by atoms with van der Waals surface area (Å²) >= 11 is 12.2. The predicted molar refractivity (Wildman–Crippen MR) is 127 cm³/mol. The third-order valence-electron chi connectivity index (χ3n) is 5.06. The van der Waals surface area contributed by atoms with Crippen molar-refractivity contribution < 1.29 is 19.1 Å². The van der Waals surface area contributed by atoms with Crippen LogP contribution in [0.4, 0.5) is 10.5 Å². The van der Waals surface area contributed by atoms with Crippen LogP contribution >= 0.6 is 23.2 Å². The molecule has 0 atom stereocenters. The number of hydrogen-bond donors (Lipinski definition) is 1. The van der Waals surface area contributed by atoms with Gasteiger partial charge in [0.15, 0.2) is 0 Å². The molecule has 0 saturated carbocycles. The molecule has 1 fully saturated rings. The van der Waals surface area contributed by atoms with Gasteiger partial charge in [-0.2, -0.15) is 0 Å². The average Bonchev–Trinajstić information content (AvgIpc) is 2.79. The number of rotatable bonds is 5. The molecule has 0 unspecified atom stereocenters. The highest BCUT2D eigenvalue weighted by Crippen LogP contribution is 2.28. The van der Waals surface area contributed by atoms with Crippen molar-refractivity contribution in [2.75, 3.05) is 4.90 Å². The highest BCUT2D eigenvalue weighted by atomic mass is 35.5. The molecule has 0 bridgehead atoms. The first-order chi connectivity index (χ1) is 15.8. The van der Waals surface area contributed by atoms with Crippen LogP contribution in [0.15, 0.2) is 72.3 Å². The van der Waals surface area contributed by atoms with Crippen LogP contribution in [0.2, 0.25) is 10.0 Å². The fourth-order valence-electron chi connectivity index (χ4n) is 3.30. The molecule has 0 radical (unpaired) electrons. The number of barbiturate groups is 1. The third kappa shape index (κ3) is 4.92. The van der Waals surface area contributed by atoms with Crippen molar-refractivity contribution >= 4 is 52.8 Å². The van der Waals surface area contributed by atoms with Gasteiger partial charge >= 0.3 is 6.03 Å². The Balaban J connectivity index is 1.55. The lowest BCUT2D eigenvalue weighted by Gasteiger charge is -2.27. The van der Waals surface area contributed by atoms with Gasteiger partial charge < -0.3 is 4.74 Å². The molecule has 6 nitrogen and oxygen atoms in total. The Morgan fingerprint density at radius 1 is 0.970 bits per heavy atom. The zero-order valence-electron chi connectivity index (χ0n) is 17.5. The zero-order chi connectivity index (χ0) is 23.5. The molecule has 0 aromatic heterocycles. The number of ether oxygens (including phenoxy) is 1. The van der Waals surface area contributed by atoms with Crippen LogP contribution < -0.4 is 15.0 Å². The summed E-state index contributed by atoms with van der Waals surface area (Å²) in [4.78, 5) is 38.8. The number of imide groups is 2. The number of anilines is 1. The van der Waals surface area contributed by atoms with Crippen molar-refractivity contribution in [3.05, 3.63) is 99.0 Å². The Labute approximate surface area is 200 Å². The number of carbonyl (C=O) groups is 3. The Kier molecular flexibility index (Phi) is 6.49. The molecule has 4 amide bonds. The molecule has 1 aliphatic rings. The molecular formula is C25H18Cl2N2O4. The van der Waals surface area contributed by atoms with Gasteiger partial charge in [-0.25, -0.2) is 9.69 Å². The second-order valence-electron chi connectivity index (χ2n) is 7.34. The number of nitrogens with zero attached hydrogens (tertiary/aromatic N) is 1. The lowest BCUT2D eigenvalue weighted by atomic mass is 10.1. The van der Waals surface area contributed by atoms with E-state index in [1.807, 2.05) is 18.2 Å². The van der Waals surface area contributed by atoms with Crippen LogP contribution in [0, 0.1) is 6.92 Å². The molecular weight excluding hydrogens is 463 g/mol. The van der Waals surface area contributed by atoms with E-state index in [2.05, 4.69) is 5.32 Å². The minimum Gasteiger partial charge on any atom is -0.489 e. The smallest absolute Gasteiger partial charge is 0.335 e. The van der Waals surface area contributed by atoms with Gasteiger partial charge in [-0.3, -0.25) is 14.9 Å². The summed E-state index contributed by atoms with van der Waals surface area (Å²) < 4.78 is 5.76. The van der Waals surface area contributed by atoms with E-state index in [0.29, 0.717) is 39.2 Å². The number of nitrogens with one attached hydrogen (secondary N) is 1. The molecule has 3 aromatic carbocycles. The highest BCUT2D eigenvalue weighted by Gasteiger charge is 2.37. The van der Waals surface area contributed by atoms with Crippen LogP contribution in [0.5, 0.6) is 5.75 Å². The van der Waals surface area contributed by atoms with E-state index in [1.165, 1.54) is 12.1 Å². The van der Waals surface area contributed by atoms with E-state index in [9.17, 15) is 14.4 Å². The summed E-state index contributed by atoms with van der Waals surface area (Å²) in [5.41, 5.74) is 2.26. The van der Waals surface area contributed by atoms with Gasteiger partial charge in [0.05, 0.1) is 5.69 Å². The molecule has 3 aromatic rings. The van der Waals surface area contributed by atoms with E-state index in [-0.39, 0.29) is 5.57 Å².